The fourth-order valence-electron chi connectivity index (χ4n) is 2.05. The molecule has 0 aliphatic rings. The fourth-order valence-corrected chi connectivity index (χ4v) is 2.05. The summed E-state index contributed by atoms with van der Waals surface area (Å²) in [6.07, 6.45) is 1.03. The molecular weight excluding hydrogens is 225 g/mol. The van der Waals surface area contributed by atoms with E-state index in [4.69, 9.17) is 0 Å². The highest BCUT2D eigenvalue weighted by Gasteiger charge is 2.02. The second-order valence-electron chi connectivity index (χ2n) is 4.32. The Balaban J connectivity index is 1.95. The number of rotatable bonds is 5. The SMILES string of the molecule is CCc1ccccc1CNCc1ccccc1F. The second kappa shape index (κ2) is 6.31. The first kappa shape index (κ1) is 12.8. The molecular formula is C16H18FN. The molecule has 0 aromatic heterocycles. The van der Waals surface area contributed by atoms with E-state index in [0.29, 0.717) is 12.1 Å². The summed E-state index contributed by atoms with van der Waals surface area (Å²) in [5, 5.41) is 3.29. The largest absolute Gasteiger partial charge is 0.309 e. The van der Waals surface area contributed by atoms with Gasteiger partial charge < -0.3 is 5.32 Å². The first-order chi connectivity index (χ1) is 8.81. The van der Waals surface area contributed by atoms with Crippen molar-refractivity contribution < 1.29 is 4.39 Å². The van der Waals surface area contributed by atoms with Crippen molar-refractivity contribution in [2.45, 2.75) is 26.4 Å². The summed E-state index contributed by atoms with van der Waals surface area (Å²) in [6, 6.07) is 15.2. The summed E-state index contributed by atoms with van der Waals surface area (Å²) in [7, 11) is 0. The number of benzene rings is 2. The lowest BCUT2D eigenvalue weighted by atomic mass is 10.1. The number of halogens is 1. The van der Waals surface area contributed by atoms with Crippen molar-refractivity contribution in [1.82, 2.24) is 5.32 Å². The van der Waals surface area contributed by atoms with Gasteiger partial charge in [0.2, 0.25) is 0 Å². The molecule has 2 aromatic carbocycles. The summed E-state index contributed by atoms with van der Waals surface area (Å²) in [6.45, 7) is 3.48. The minimum atomic E-state index is -0.145. The van der Waals surface area contributed by atoms with Crippen molar-refractivity contribution in [2.75, 3.05) is 0 Å². The van der Waals surface area contributed by atoms with Crippen LogP contribution >= 0.6 is 0 Å². The van der Waals surface area contributed by atoms with Gasteiger partial charge >= 0.3 is 0 Å². The molecule has 0 saturated heterocycles. The number of nitrogens with one attached hydrogen (secondary N) is 1. The highest BCUT2D eigenvalue weighted by Crippen LogP contribution is 2.10. The highest BCUT2D eigenvalue weighted by molar-refractivity contribution is 5.27. The number of hydrogen-bond donors (Lipinski definition) is 1. The van der Waals surface area contributed by atoms with E-state index in [1.54, 1.807) is 6.07 Å². The third kappa shape index (κ3) is 3.17. The Bertz CT molecular complexity index is 508. The molecule has 1 N–H and O–H groups in total. The minimum absolute atomic E-state index is 0.145. The third-order valence-electron chi connectivity index (χ3n) is 3.09. The molecule has 2 heteroatoms. The molecule has 2 aromatic rings. The molecule has 94 valence electrons. The third-order valence-corrected chi connectivity index (χ3v) is 3.09. The van der Waals surface area contributed by atoms with Crippen molar-refractivity contribution in [3.05, 3.63) is 71.0 Å². The molecule has 0 atom stereocenters. The Kier molecular flexibility index (Phi) is 4.48. The maximum absolute atomic E-state index is 13.4. The highest BCUT2D eigenvalue weighted by atomic mass is 19.1. The van der Waals surface area contributed by atoms with Crippen LogP contribution in [0.4, 0.5) is 4.39 Å². The van der Waals surface area contributed by atoms with E-state index >= 15 is 0 Å². The summed E-state index contributed by atoms with van der Waals surface area (Å²) < 4.78 is 13.4. The smallest absolute Gasteiger partial charge is 0.127 e. The zero-order valence-corrected chi connectivity index (χ0v) is 10.6. The standard InChI is InChI=1S/C16H18FN/c1-2-13-7-3-4-8-14(13)11-18-12-15-9-5-6-10-16(15)17/h3-10,18H,2,11-12H2,1H3. The quantitative estimate of drug-likeness (QED) is 0.844. The lowest BCUT2D eigenvalue weighted by Crippen LogP contribution is -2.14. The van der Waals surface area contributed by atoms with Crippen LogP contribution in [0, 0.1) is 5.82 Å². The predicted octanol–water partition coefficient (Wildman–Crippen LogP) is 3.68. The van der Waals surface area contributed by atoms with Crippen molar-refractivity contribution in [2.24, 2.45) is 0 Å². The van der Waals surface area contributed by atoms with E-state index in [9.17, 15) is 4.39 Å². The Morgan fingerprint density at radius 3 is 2.06 bits per heavy atom. The maximum atomic E-state index is 13.4. The van der Waals surface area contributed by atoms with Crippen molar-refractivity contribution in [3.63, 3.8) is 0 Å². The molecule has 0 fully saturated rings. The maximum Gasteiger partial charge on any atom is 0.127 e. The van der Waals surface area contributed by atoms with E-state index in [-0.39, 0.29) is 5.82 Å². The van der Waals surface area contributed by atoms with Crippen LogP contribution < -0.4 is 5.32 Å². The predicted molar refractivity (Wildman–Crippen MR) is 72.8 cm³/mol. The van der Waals surface area contributed by atoms with Crippen LogP contribution in [0.25, 0.3) is 0 Å². The van der Waals surface area contributed by atoms with Crippen molar-refractivity contribution >= 4 is 0 Å². The first-order valence-electron chi connectivity index (χ1n) is 6.32. The monoisotopic (exact) mass is 243 g/mol. The van der Waals surface area contributed by atoms with E-state index in [1.807, 2.05) is 18.2 Å². The lowest BCUT2D eigenvalue weighted by molar-refractivity contribution is 0.587. The molecule has 2 rings (SSSR count). The summed E-state index contributed by atoms with van der Waals surface area (Å²) in [5.74, 6) is -0.145. The molecule has 0 bridgehead atoms. The summed E-state index contributed by atoms with van der Waals surface area (Å²) in [4.78, 5) is 0. The van der Waals surface area contributed by atoms with Crippen LogP contribution in [0.2, 0.25) is 0 Å². The van der Waals surface area contributed by atoms with E-state index in [1.165, 1.54) is 17.2 Å². The van der Waals surface area contributed by atoms with Gasteiger partial charge in [0, 0.05) is 18.7 Å². The fraction of sp³-hybridized carbons (Fsp3) is 0.250. The summed E-state index contributed by atoms with van der Waals surface area (Å²) in [5.41, 5.74) is 3.35. The Hall–Kier alpha value is -1.67. The molecule has 0 heterocycles. The molecule has 0 radical (unpaired) electrons. The Labute approximate surface area is 108 Å². The average molecular weight is 243 g/mol. The van der Waals surface area contributed by atoms with Gasteiger partial charge in [-0.25, -0.2) is 4.39 Å². The normalized spacial score (nSPS) is 10.6. The first-order valence-corrected chi connectivity index (χ1v) is 6.32. The van der Waals surface area contributed by atoms with Crippen LogP contribution in [0.1, 0.15) is 23.6 Å². The van der Waals surface area contributed by atoms with Crippen molar-refractivity contribution in [1.29, 1.82) is 0 Å². The molecule has 0 aliphatic heterocycles. The topological polar surface area (TPSA) is 12.0 Å². The van der Waals surface area contributed by atoms with Gasteiger partial charge in [0.05, 0.1) is 0 Å². The molecule has 0 aliphatic carbocycles. The van der Waals surface area contributed by atoms with Crippen LogP contribution in [-0.4, -0.2) is 0 Å². The van der Waals surface area contributed by atoms with E-state index < -0.39 is 0 Å². The zero-order valence-electron chi connectivity index (χ0n) is 10.6. The van der Waals surface area contributed by atoms with Crippen molar-refractivity contribution in [3.8, 4) is 0 Å². The summed E-state index contributed by atoms with van der Waals surface area (Å²) >= 11 is 0. The van der Waals surface area contributed by atoms with Crippen LogP contribution in [-0.2, 0) is 19.5 Å². The lowest BCUT2D eigenvalue weighted by Gasteiger charge is -2.09. The van der Waals surface area contributed by atoms with Crippen LogP contribution in [0.5, 0.6) is 0 Å². The second-order valence-corrected chi connectivity index (χ2v) is 4.32. The molecule has 1 nitrogen and oxygen atoms in total. The van der Waals surface area contributed by atoms with Gasteiger partial charge in [-0.15, -0.1) is 0 Å². The molecule has 0 spiro atoms. The number of hydrogen-bond acceptors (Lipinski definition) is 1. The molecule has 0 unspecified atom stereocenters. The van der Waals surface area contributed by atoms with Gasteiger partial charge in [0.25, 0.3) is 0 Å². The molecule has 0 amide bonds. The molecule has 0 saturated carbocycles. The Morgan fingerprint density at radius 2 is 1.39 bits per heavy atom. The van der Waals surface area contributed by atoms with Crippen LogP contribution in [0.15, 0.2) is 48.5 Å². The van der Waals surface area contributed by atoms with Gasteiger partial charge in [-0.2, -0.15) is 0 Å². The van der Waals surface area contributed by atoms with Crippen LogP contribution in [0.3, 0.4) is 0 Å². The van der Waals surface area contributed by atoms with E-state index in [0.717, 1.165) is 13.0 Å². The van der Waals surface area contributed by atoms with Gasteiger partial charge in [0.15, 0.2) is 0 Å². The van der Waals surface area contributed by atoms with Gasteiger partial charge in [-0.3, -0.25) is 0 Å². The van der Waals surface area contributed by atoms with Gasteiger partial charge in [0.1, 0.15) is 5.82 Å². The Morgan fingerprint density at radius 1 is 0.833 bits per heavy atom. The van der Waals surface area contributed by atoms with Gasteiger partial charge in [-0.05, 0) is 23.6 Å². The number of aryl methyl sites for hydroxylation is 1. The van der Waals surface area contributed by atoms with E-state index in [2.05, 4.69) is 30.4 Å². The average Bonchev–Trinajstić information content (AvgIpc) is 2.41. The zero-order chi connectivity index (χ0) is 12.8. The molecule has 18 heavy (non-hydrogen) atoms. The minimum Gasteiger partial charge on any atom is -0.309 e. The van der Waals surface area contributed by atoms with Gasteiger partial charge in [-0.1, -0.05) is 49.4 Å².